The first-order valence-electron chi connectivity index (χ1n) is 8.93. The number of halogens is 1. The molecule has 3 rings (SSSR count). The van der Waals surface area contributed by atoms with E-state index in [2.05, 4.69) is 5.32 Å². The predicted octanol–water partition coefficient (Wildman–Crippen LogP) is 5.73. The SMILES string of the molecule is CCCOC(=O)c1ccc(NC(=O)c2ccc(-c3ccc(C)c(Cl)c3)o2)cc1. The summed E-state index contributed by atoms with van der Waals surface area (Å²) in [7, 11) is 0. The van der Waals surface area contributed by atoms with E-state index in [1.165, 1.54) is 0 Å². The molecule has 0 atom stereocenters. The number of furan rings is 1. The fourth-order valence-corrected chi connectivity index (χ4v) is 2.70. The molecule has 0 aliphatic rings. The van der Waals surface area contributed by atoms with Gasteiger partial charge in [0.2, 0.25) is 0 Å². The molecule has 0 saturated carbocycles. The number of anilines is 1. The van der Waals surface area contributed by atoms with E-state index in [0.717, 1.165) is 17.5 Å². The number of carbonyl (C=O) groups is 2. The number of benzene rings is 2. The Morgan fingerprint density at radius 3 is 2.50 bits per heavy atom. The van der Waals surface area contributed by atoms with E-state index in [4.69, 9.17) is 20.8 Å². The number of hydrogen-bond donors (Lipinski definition) is 1. The van der Waals surface area contributed by atoms with E-state index >= 15 is 0 Å². The molecule has 0 saturated heterocycles. The van der Waals surface area contributed by atoms with Crippen molar-refractivity contribution in [1.29, 1.82) is 0 Å². The summed E-state index contributed by atoms with van der Waals surface area (Å²) >= 11 is 6.15. The lowest BCUT2D eigenvalue weighted by molar-refractivity contribution is 0.0505. The van der Waals surface area contributed by atoms with Gasteiger partial charge >= 0.3 is 5.97 Å². The van der Waals surface area contributed by atoms with Crippen LogP contribution in [0.1, 0.15) is 39.8 Å². The summed E-state index contributed by atoms with van der Waals surface area (Å²) < 4.78 is 10.7. The third-order valence-corrected chi connectivity index (χ3v) is 4.51. The van der Waals surface area contributed by atoms with Gasteiger partial charge in [-0.2, -0.15) is 0 Å². The summed E-state index contributed by atoms with van der Waals surface area (Å²) in [5.41, 5.74) is 2.75. The molecular formula is C22H20ClNO4. The van der Waals surface area contributed by atoms with Crippen LogP contribution in [0.5, 0.6) is 0 Å². The summed E-state index contributed by atoms with van der Waals surface area (Å²) in [4.78, 5) is 24.2. The number of hydrogen-bond acceptors (Lipinski definition) is 4. The molecule has 1 amide bonds. The van der Waals surface area contributed by atoms with Crippen molar-refractivity contribution in [3.05, 3.63) is 76.5 Å². The van der Waals surface area contributed by atoms with Gasteiger partial charge in [-0.25, -0.2) is 4.79 Å². The second-order valence-electron chi connectivity index (χ2n) is 6.30. The maximum absolute atomic E-state index is 12.4. The summed E-state index contributed by atoms with van der Waals surface area (Å²) in [6, 6.07) is 15.4. The maximum atomic E-state index is 12.4. The molecule has 1 N–H and O–H groups in total. The van der Waals surface area contributed by atoms with Crippen molar-refractivity contribution < 1.29 is 18.7 Å². The van der Waals surface area contributed by atoms with E-state index in [-0.39, 0.29) is 17.6 Å². The zero-order valence-corrected chi connectivity index (χ0v) is 16.4. The van der Waals surface area contributed by atoms with Gasteiger partial charge in [0.05, 0.1) is 12.2 Å². The summed E-state index contributed by atoms with van der Waals surface area (Å²) in [6.07, 6.45) is 0.764. The predicted molar refractivity (Wildman–Crippen MR) is 109 cm³/mol. The lowest BCUT2D eigenvalue weighted by Crippen LogP contribution is -2.11. The molecule has 0 spiro atoms. The molecule has 144 valence electrons. The maximum Gasteiger partial charge on any atom is 0.338 e. The highest BCUT2D eigenvalue weighted by Crippen LogP contribution is 2.27. The standard InChI is InChI=1S/C22H20ClNO4/c1-3-12-27-22(26)15-6-8-17(9-7-15)24-21(25)20-11-10-19(28-20)16-5-4-14(2)18(23)13-16/h4-11,13H,3,12H2,1-2H3,(H,24,25). The molecule has 0 aliphatic heterocycles. The fraction of sp³-hybridized carbons (Fsp3) is 0.182. The van der Waals surface area contributed by atoms with Gasteiger partial charge in [0.1, 0.15) is 5.76 Å². The van der Waals surface area contributed by atoms with Crippen molar-refractivity contribution in [2.45, 2.75) is 20.3 Å². The Hall–Kier alpha value is -3.05. The molecule has 3 aromatic rings. The fourth-order valence-electron chi connectivity index (χ4n) is 2.52. The minimum atomic E-state index is -0.384. The highest BCUT2D eigenvalue weighted by Gasteiger charge is 2.14. The van der Waals surface area contributed by atoms with Gasteiger partial charge in [-0.1, -0.05) is 30.7 Å². The van der Waals surface area contributed by atoms with Gasteiger partial charge in [0.25, 0.3) is 5.91 Å². The van der Waals surface area contributed by atoms with Gasteiger partial charge in [0.15, 0.2) is 5.76 Å². The van der Waals surface area contributed by atoms with Crippen LogP contribution < -0.4 is 5.32 Å². The molecule has 1 heterocycles. The zero-order valence-electron chi connectivity index (χ0n) is 15.6. The molecule has 6 heteroatoms. The highest BCUT2D eigenvalue weighted by molar-refractivity contribution is 6.31. The van der Waals surface area contributed by atoms with Crippen LogP contribution in [0, 0.1) is 6.92 Å². The van der Waals surface area contributed by atoms with Gasteiger partial charge < -0.3 is 14.5 Å². The van der Waals surface area contributed by atoms with Gasteiger partial charge in [-0.05, 0) is 61.4 Å². The second kappa shape index (κ2) is 8.76. The summed E-state index contributed by atoms with van der Waals surface area (Å²) in [5, 5.41) is 3.38. The number of amides is 1. The van der Waals surface area contributed by atoms with Crippen molar-refractivity contribution in [2.24, 2.45) is 0 Å². The Morgan fingerprint density at radius 1 is 1.07 bits per heavy atom. The van der Waals surface area contributed by atoms with Crippen LogP contribution in [0.3, 0.4) is 0 Å². The summed E-state index contributed by atoms with van der Waals surface area (Å²) in [5.74, 6) is -0.0304. The number of rotatable bonds is 6. The Kier molecular flexibility index (Phi) is 6.16. The van der Waals surface area contributed by atoms with Crippen LogP contribution >= 0.6 is 11.6 Å². The van der Waals surface area contributed by atoms with Crippen molar-refractivity contribution in [2.75, 3.05) is 11.9 Å². The lowest BCUT2D eigenvalue weighted by Gasteiger charge is -2.06. The van der Waals surface area contributed by atoms with Gasteiger partial charge in [0, 0.05) is 16.3 Å². The molecule has 0 radical (unpaired) electrons. The number of nitrogens with one attached hydrogen (secondary N) is 1. The van der Waals surface area contributed by atoms with E-state index in [9.17, 15) is 9.59 Å². The van der Waals surface area contributed by atoms with Crippen molar-refractivity contribution in [3.8, 4) is 11.3 Å². The molecule has 0 fully saturated rings. The molecule has 1 aromatic heterocycles. The van der Waals surface area contributed by atoms with Crippen molar-refractivity contribution in [3.63, 3.8) is 0 Å². The van der Waals surface area contributed by atoms with Crippen molar-refractivity contribution >= 4 is 29.2 Å². The van der Waals surface area contributed by atoms with Crippen molar-refractivity contribution in [1.82, 2.24) is 0 Å². The first-order chi connectivity index (χ1) is 13.5. The number of carbonyl (C=O) groups excluding carboxylic acids is 2. The average Bonchev–Trinajstić information content (AvgIpc) is 3.19. The molecule has 2 aromatic carbocycles. The number of esters is 1. The normalized spacial score (nSPS) is 10.5. The van der Waals surface area contributed by atoms with Crippen LogP contribution in [0.4, 0.5) is 5.69 Å². The first-order valence-corrected chi connectivity index (χ1v) is 9.30. The summed E-state index contributed by atoms with van der Waals surface area (Å²) in [6.45, 7) is 4.23. The number of ether oxygens (including phenoxy) is 1. The number of aryl methyl sites for hydroxylation is 1. The van der Waals surface area contributed by atoms with Gasteiger partial charge in [-0.15, -0.1) is 0 Å². The zero-order chi connectivity index (χ0) is 20.1. The van der Waals surface area contributed by atoms with Gasteiger partial charge in [-0.3, -0.25) is 4.79 Å². The largest absolute Gasteiger partial charge is 0.462 e. The Labute approximate surface area is 168 Å². The third kappa shape index (κ3) is 4.61. The molecule has 28 heavy (non-hydrogen) atoms. The van der Waals surface area contributed by atoms with Crippen LogP contribution in [0.25, 0.3) is 11.3 Å². The van der Waals surface area contributed by atoms with E-state index in [1.54, 1.807) is 42.5 Å². The lowest BCUT2D eigenvalue weighted by atomic mass is 10.1. The quantitative estimate of drug-likeness (QED) is 0.539. The minimum Gasteiger partial charge on any atom is -0.462 e. The van der Waals surface area contributed by atoms with Crippen LogP contribution in [0.2, 0.25) is 5.02 Å². The van der Waals surface area contributed by atoms with E-state index < -0.39 is 0 Å². The molecule has 0 unspecified atom stereocenters. The average molecular weight is 398 g/mol. The first kappa shape index (κ1) is 19.7. The minimum absolute atomic E-state index is 0.179. The third-order valence-electron chi connectivity index (χ3n) is 4.10. The van der Waals surface area contributed by atoms with Crippen LogP contribution in [-0.2, 0) is 4.74 Å². The van der Waals surface area contributed by atoms with E-state index in [0.29, 0.717) is 28.6 Å². The Balaban J connectivity index is 1.67. The van der Waals surface area contributed by atoms with Crippen LogP contribution in [0.15, 0.2) is 59.0 Å². The molecule has 0 bridgehead atoms. The molecule has 5 nitrogen and oxygen atoms in total. The smallest absolute Gasteiger partial charge is 0.338 e. The monoisotopic (exact) mass is 397 g/mol. The topological polar surface area (TPSA) is 68.5 Å². The van der Waals surface area contributed by atoms with E-state index in [1.807, 2.05) is 26.0 Å². The molecular weight excluding hydrogens is 378 g/mol. The Bertz CT molecular complexity index is 992. The second-order valence-corrected chi connectivity index (χ2v) is 6.70. The molecule has 0 aliphatic carbocycles. The van der Waals surface area contributed by atoms with Crippen LogP contribution in [-0.4, -0.2) is 18.5 Å². The Morgan fingerprint density at radius 2 is 1.82 bits per heavy atom. The highest BCUT2D eigenvalue weighted by atomic mass is 35.5.